The Morgan fingerprint density at radius 1 is 1.45 bits per heavy atom. The maximum Gasteiger partial charge on any atom is 0.180 e. The van der Waals surface area contributed by atoms with Gasteiger partial charge in [-0.05, 0) is 18.6 Å². The van der Waals surface area contributed by atoms with Gasteiger partial charge in [0, 0.05) is 6.07 Å². The van der Waals surface area contributed by atoms with E-state index in [9.17, 15) is 0 Å². The number of nitrogens with two attached hydrogens (primary N) is 1. The zero-order valence-electron chi connectivity index (χ0n) is 6.63. The monoisotopic (exact) mass is 150 g/mol. The minimum absolute atomic E-state index is 0.830. The van der Waals surface area contributed by atoms with Crippen LogP contribution in [0.2, 0.25) is 0 Å². The van der Waals surface area contributed by atoms with Gasteiger partial charge in [0.1, 0.15) is 13.2 Å². The molecule has 0 fully saturated rings. The first-order valence-electron chi connectivity index (χ1n) is 3.93. The predicted octanol–water partition coefficient (Wildman–Crippen LogP) is 0.582. The van der Waals surface area contributed by atoms with Crippen LogP contribution in [0, 0.1) is 6.92 Å². The summed E-state index contributed by atoms with van der Waals surface area (Å²) in [5.41, 5.74) is 2.50. The number of hydrogen-bond acceptors (Lipinski definition) is 1. The van der Waals surface area contributed by atoms with Gasteiger partial charge in [0.2, 0.25) is 0 Å². The van der Waals surface area contributed by atoms with Crippen LogP contribution in [0.15, 0.2) is 18.2 Å². The van der Waals surface area contributed by atoms with Gasteiger partial charge >= 0.3 is 0 Å². The lowest BCUT2D eigenvalue weighted by Gasteiger charge is -2.14. The molecular weight excluding hydrogens is 138 g/mol. The fourth-order valence-electron chi connectivity index (χ4n) is 1.32. The first kappa shape index (κ1) is 6.68. The molecule has 1 aliphatic heterocycles. The summed E-state index contributed by atoms with van der Waals surface area (Å²) in [4.78, 5) is 0. The Kier molecular flexibility index (Phi) is 1.55. The fraction of sp³-hybridized carbons (Fsp3) is 0.333. The molecule has 0 bridgehead atoms. The van der Waals surface area contributed by atoms with Gasteiger partial charge in [0.05, 0.1) is 0 Å². The summed E-state index contributed by atoms with van der Waals surface area (Å²) in [6.07, 6.45) is 0. The second kappa shape index (κ2) is 2.55. The van der Waals surface area contributed by atoms with Crippen molar-refractivity contribution in [1.29, 1.82) is 0 Å². The van der Waals surface area contributed by atoms with Crippen molar-refractivity contribution in [2.24, 2.45) is 0 Å². The van der Waals surface area contributed by atoms with Crippen LogP contribution >= 0.6 is 0 Å². The van der Waals surface area contributed by atoms with E-state index in [-0.39, 0.29) is 0 Å². The summed E-state index contributed by atoms with van der Waals surface area (Å²) in [6.45, 7) is 3.95. The third-order valence-electron chi connectivity index (χ3n) is 1.91. The molecule has 1 heterocycles. The molecular formula is C9H12NO+. The fourth-order valence-corrected chi connectivity index (χ4v) is 1.32. The minimum atomic E-state index is 0.830. The average molecular weight is 150 g/mol. The van der Waals surface area contributed by atoms with Crippen LogP contribution in [-0.2, 0) is 0 Å². The first-order valence-corrected chi connectivity index (χ1v) is 3.93. The van der Waals surface area contributed by atoms with E-state index in [0.29, 0.717) is 0 Å². The number of aryl methyl sites for hydroxylation is 1. The van der Waals surface area contributed by atoms with E-state index in [1.54, 1.807) is 0 Å². The van der Waals surface area contributed by atoms with Crippen molar-refractivity contribution >= 4 is 5.69 Å². The van der Waals surface area contributed by atoms with E-state index >= 15 is 0 Å². The quantitative estimate of drug-likeness (QED) is 0.538. The molecule has 0 amide bonds. The van der Waals surface area contributed by atoms with Gasteiger partial charge < -0.3 is 10.1 Å². The summed E-state index contributed by atoms with van der Waals surface area (Å²) in [6, 6.07) is 6.32. The second-order valence-electron chi connectivity index (χ2n) is 2.88. The van der Waals surface area contributed by atoms with Gasteiger partial charge in [-0.3, -0.25) is 0 Å². The third-order valence-corrected chi connectivity index (χ3v) is 1.91. The molecule has 0 aliphatic carbocycles. The molecule has 0 saturated heterocycles. The number of hydrogen-bond donors (Lipinski definition) is 1. The van der Waals surface area contributed by atoms with Crippen molar-refractivity contribution in [3.8, 4) is 5.75 Å². The summed E-state index contributed by atoms with van der Waals surface area (Å²) in [5.74, 6) is 1.04. The standard InChI is InChI=1S/C9H11NO/c1-7-2-3-8-9(6-7)11-5-4-10-8/h2-3,6,10H,4-5H2,1H3/p+1. The second-order valence-corrected chi connectivity index (χ2v) is 2.88. The molecule has 0 radical (unpaired) electrons. The summed E-state index contributed by atoms with van der Waals surface area (Å²) < 4.78 is 5.47. The van der Waals surface area contributed by atoms with Gasteiger partial charge in [-0.1, -0.05) is 6.07 Å². The summed E-state index contributed by atoms with van der Waals surface area (Å²) >= 11 is 0. The molecule has 11 heavy (non-hydrogen) atoms. The van der Waals surface area contributed by atoms with Crippen LogP contribution in [0.25, 0.3) is 0 Å². The van der Waals surface area contributed by atoms with E-state index in [0.717, 1.165) is 18.9 Å². The van der Waals surface area contributed by atoms with Gasteiger partial charge in [-0.15, -0.1) is 0 Å². The number of ether oxygens (including phenoxy) is 1. The Balaban J connectivity index is 2.43. The Morgan fingerprint density at radius 3 is 3.27 bits per heavy atom. The highest BCUT2D eigenvalue weighted by Gasteiger charge is 2.12. The highest BCUT2D eigenvalue weighted by molar-refractivity contribution is 5.47. The van der Waals surface area contributed by atoms with E-state index < -0.39 is 0 Å². The van der Waals surface area contributed by atoms with Crippen LogP contribution in [-0.4, -0.2) is 13.2 Å². The van der Waals surface area contributed by atoms with Crippen LogP contribution < -0.4 is 10.1 Å². The van der Waals surface area contributed by atoms with Gasteiger partial charge in [-0.25, -0.2) is 0 Å². The van der Waals surface area contributed by atoms with Gasteiger partial charge in [-0.2, -0.15) is 0 Å². The van der Waals surface area contributed by atoms with Crippen molar-refractivity contribution in [2.75, 3.05) is 13.2 Å². The lowest BCUT2D eigenvalue weighted by atomic mass is 10.2. The number of benzene rings is 1. The average Bonchev–Trinajstić information content (AvgIpc) is 2.04. The minimum Gasteiger partial charge on any atom is -0.481 e. The lowest BCUT2D eigenvalue weighted by molar-refractivity contribution is -0.579. The Labute approximate surface area is 66.2 Å². The van der Waals surface area contributed by atoms with Crippen LogP contribution in [0.1, 0.15) is 5.56 Å². The smallest absolute Gasteiger partial charge is 0.180 e. The highest BCUT2D eigenvalue weighted by atomic mass is 16.5. The van der Waals surface area contributed by atoms with Crippen LogP contribution in [0.4, 0.5) is 5.69 Å². The predicted molar refractivity (Wildman–Crippen MR) is 43.1 cm³/mol. The Hall–Kier alpha value is -1.02. The molecule has 0 aromatic heterocycles. The van der Waals surface area contributed by atoms with E-state index in [1.165, 1.54) is 11.3 Å². The molecule has 2 heteroatoms. The number of quaternary nitrogens is 1. The molecule has 0 spiro atoms. The molecule has 1 aliphatic rings. The molecule has 0 saturated carbocycles. The van der Waals surface area contributed by atoms with Crippen molar-refractivity contribution in [3.05, 3.63) is 23.8 Å². The third kappa shape index (κ3) is 1.21. The van der Waals surface area contributed by atoms with E-state index in [2.05, 4.69) is 30.4 Å². The molecule has 1 aromatic carbocycles. The molecule has 2 nitrogen and oxygen atoms in total. The summed E-state index contributed by atoms with van der Waals surface area (Å²) in [7, 11) is 0. The Bertz CT molecular complexity index is 270. The van der Waals surface area contributed by atoms with E-state index in [4.69, 9.17) is 4.74 Å². The van der Waals surface area contributed by atoms with E-state index in [1.807, 2.05) is 0 Å². The molecule has 58 valence electrons. The highest BCUT2D eigenvalue weighted by Crippen LogP contribution is 2.22. The molecule has 1 aromatic rings. The zero-order chi connectivity index (χ0) is 7.68. The maximum absolute atomic E-state index is 5.47. The normalized spacial score (nSPS) is 15.4. The Morgan fingerprint density at radius 2 is 2.36 bits per heavy atom. The van der Waals surface area contributed by atoms with Crippen molar-refractivity contribution < 1.29 is 10.1 Å². The van der Waals surface area contributed by atoms with Crippen molar-refractivity contribution in [2.45, 2.75) is 6.92 Å². The molecule has 2 N–H and O–H groups in total. The lowest BCUT2D eigenvalue weighted by Crippen LogP contribution is -2.80. The number of fused-ring (bicyclic) bond motifs is 1. The summed E-state index contributed by atoms with van der Waals surface area (Å²) in [5, 5.41) is 2.22. The van der Waals surface area contributed by atoms with Gasteiger partial charge in [0.15, 0.2) is 11.4 Å². The van der Waals surface area contributed by atoms with Crippen LogP contribution in [0.5, 0.6) is 5.75 Å². The molecule has 0 unspecified atom stereocenters. The topological polar surface area (TPSA) is 25.8 Å². The maximum atomic E-state index is 5.47. The molecule has 0 atom stereocenters. The van der Waals surface area contributed by atoms with Crippen molar-refractivity contribution in [1.82, 2.24) is 0 Å². The largest absolute Gasteiger partial charge is 0.481 e. The van der Waals surface area contributed by atoms with Gasteiger partial charge in [0.25, 0.3) is 0 Å². The van der Waals surface area contributed by atoms with Crippen LogP contribution in [0.3, 0.4) is 0 Å². The molecule has 2 rings (SSSR count). The first-order chi connectivity index (χ1) is 5.36. The zero-order valence-corrected chi connectivity index (χ0v) is 6.63. The number of rotatable bonds is 0. The SMILES string of the molecule is Cc1ccc2c(c1)OCC[NH2+]2. The van der Waals surface area contributed by atoms with Crippen molar-refractivity contribution in [3.63, 3.8) is 0 Å².